The molecule has 0 aromatic carbocycles. The summed E-state index contributed by atoms with van der Waals surface area (Å²) in [5.74, 6) is -1.26. The third-order valence-corrected chi connectivity index (χ3v) is 8.75. The molecular formula is C21H33NO6. The summed E-state index contributed by atoms with van der Waals surface area (Å²) in [6.45, 7) is 4.94. The van der Waals surface area contributed by atoms with Gasteiger partial charge in [0.25, 0.3) is 0 Å². The lowest BCUT2D eigenvalue weighted by Crippen LogP contribution is -2.66. The van der Waals surface area contributed by atoms with E-state index in [1.54, 1.807) is 0 Å². The van der Waals surface area contributed by atoms with E-state index in [9.17, 15) is 19.9 Å². The molecule has 1 spiro atoms. The molecule has 6 atom stereocenters. The van der Waals surface area contributed by atoms with Gasteiger partial charge in [0.1, 0.15) is 5.78 Å². The Hall–Kier alpha value is -0.890. The van der Waals surface area contributed by atoms with Gasteiger partial charge in [0.2, 0.25) is 0 Å². The van der Waals surface area contributed by atoms with Crippen molar-refractivity contribution in [2.45, 2.75) is 82.6 Å². The summed E-state index contributed by atoms with van der Waals surface area (Å²) < 4.78 is 12.3. The Morgan fingerprint density at radius 1 is 1.07 bits per heavy atom. The maximum absolute atomic E-state index is 13.0. The van der Waals surface area contributed by atoms with Gasteiger partial charge in [0, 0.05) is 35.5 Å². The maximum Gasteiger partial charge on any atom is 0.173 e. The van der Waals surface area contributed by atoms with Crippen molar-refractivity contribution < 1.29 is 24.5 Å². The molecular weight excluding hydrogens is 362 g/mol. The first-order chi connectivity index (χ1) is 13.3. The van der Waals surface area contributed by atoms with E-state index < -0.39 is 28.3 Å². The lowest BCUT2D eigenvalue weighted by atomic mass is 9.49. The minimum Gasteiger partial charge on any atom is -0.393 e. The second-order valence-electron chi connectivity index (χ2n) is 9.90. The molecule has 1 saturated heterocycles. The van der Waals surface area contributed by atoms with E-state index in [4.69, 9.17) is 9.47 Å². The lowest BCUT2D eigenvalue weighted by molar-refractivity contribution is -0.333. The van der Waals surface area contributed by atoms with Gasteiger partial charge >= 0.3 is 0 Å². The minimum absolute atomic E-state index is 0.0123. The molecule has 0 aromatic heterocycles. The first-order valence-corrected chi connectivity index (χ1v) is 10.7. The Bertz CT molecular complexity index is 649. The fraction of sp³-hybridized carbons (Fsp3) is 0.952. The predicted octanol–water partition coefficient (Wildman–Crippen LogP) is 2.56. The highest BCUT2D eigenvalue weighted by Gasteiger charge is 2.70. The molecule has 4 fully saturated rings. The van der Waals surface area contributed by atoms with Crippen LogP contribution < -0.4 is 0 Å². The monoisotopic (exact) mass is 395 g/mol. The number of carbonyl (C=O) groups excluding carboxylic acids is 1. The van der Waals surface area contributed by atoms with Crippen molar-refractivity contribution in [2.24, 2.45) is 27.8 Å². The number of carbonyl (C=O) groups is 1. The van der Waals surface area contributed by atoms with Crippen molar-refractivity contribution in [1.82, 2.24) is 0 Å². The van der Waals surface area contributed by atoms with Crippen LogP contribution in [0.2, 0.25) is 0 Å². The van der Waals surface area contributed by atoms with Crippen molar-refractivity contribution >= 4 is 5.78 Å². The topological polar surface area (TPSA) is 105 Å². The van der Waals surface area contributed by atoms with Crippen LogP contribution in [-0.4, -0.2) is 53.2 Å². The molecule has 1 aliphatic heterocycles. The van der Waals surface area contributed by atoms with Crippen LogP contribution in [-0.2, 0) is 14.3 Å². The summed E-state index contributed by atoms with van der Waals surface area (Å²) in [6, 6.07) is -0.463. The van der Waals surface area contributed by atoms with Crippen LogP contribution in [0.5, 0.6) is 0 Å². The van der Waals surface area contributed by atoms with Crippen molar-refractivity contribution in [3.8, 4) is 0 Å². The molecule has 3 aliphatic carbocycles. The third kappa shape index (κ3) is 2.59. The summed E-state index contributed by atoms with van der Waals surface area (Å²) >= 11 is 0. The van der Waals surface area contributed by atoms with E-state index in [1.165, 1.54) is 0 Å². The maximum atomic E-state index is 13.0. The Morgan fingerprint density at radius 2 is 1.75 bits per heavy atom. The van der Waals surface area contributed by atoms with Crippen LogP contribution in [0.25, 0.3) is 0 Å². The van der Waals surface area contributed by atoms with E-state index in [-0.39, 0.29) is 30.6 Å². The summed E-state index contributed by atoms with van der Waals surface area (Å²) in [6.07, 6.45) is 4.89. The standard InChI is InChI=1S/C21H33NO6/c1-18(7-4-14(22-26)12-17(18)24)15-5-8-19(2)16(20(15,25)13-23)6-9-21(19)27-10-3-11-28-21/h14-16,23,25H,3-13H2,1-2H3. The average Bonchev–Trinajstić information content (AvgIpc) is 2.98. The van der Waals surface area contributed by atoms with Gasteiger partial charge in [-0.15, -0.1) is 0 Å². The molecule has 4 rings (SSSR count). The number of Topliss-reactive ketones (excluding diaryl/α,β-unsaturated/α-hetero) is 1. The summed E-state index contributed by atoms with van der Waals surface area (Å²) in [5, 5.41) is 25.3. The lowest BCUT2D eigenvalue weighted by Gasteiger charge is -2.59. The molecule has 2 N–H and O–H groups in total. The van der Waals surface area contributed by atoms with Gasteiger partial charge in [0.15, 0.2) is 5.79 Å². The van der Waals surface area contributed by atoms with E-state index in [0.29, 0.717) is 45.3 Å². The number of ether oxygens (including phenoxy) is 2. The molecule has 0 amide bonds. The molecule has 4 aliphatic rings. The molecule has 158 valence electrons. The zero-order valence-corrected chi connectivity index (χ0v) is 17.0. The van der Waals surface area contributed by atoms with E-state index in [2.05, 4.69) is 12.1 Å². The van der Waals surface area contributed by atoms with Crippen LogP contribution >= 0.6 is 0 Å². The minimum atomic E-state index is -1.37. The zero-order chi connectivity index (χ0) is 20.2. The largest absolute Gasteiger partial charge is 0.393 e. The predicted molar refractivity (Wildman–Crippen MR) is 101 cm³/mol. The van der Waals surface area contributed by atoms with Gasteiger partial charge in [-0.2, -0.15) is 4.91 Å². The van der Waals surface area contributed by atoms with Crippen LogP contribution in [0.1, 0.15) is 65.2 Å². The quantitative estimate of drug-likeness (QED) is 0.712. The summed E-state index contributed by atoms with van der Waals surface area (Å²) in [5.41, 5.74) is -2.51. The number of hydrogen-bond acceptors (Lipinski definition) is 7. The third-order valence-electron chi connectivity index (χ3n) is 8.75. The Morgan fingerprint density at radius 3 is 2.36 bits per heavy atom. The van der Waals surface area contributed by atoms with Crippen molar-refractivity contribution in [3.63, 3.8) is 0 Å². The normalized spacial score (nSPS) is 48.4. The van der Waals surface area contributed by atoms with Crippen molar-refractivity contribution in [1.29, 1.82) is 0 Å². The fourth-order valence-electron chi connectivity index (χ4n) is 7.06. The number of hydrogen-bond donors (Lipinski definition) is 2. The molecule has 0 bridgehead atoms. The first-order valence-electron chi connectivity index (χ1n) is 10.7. The smallest absolute Gasteiger partial charge is 0.173 e. The SMILES string of the molecule is CC1(C2CCC3(C)C(CCC34OCCCO4)C2(O)CO)CCC(N=O)CC1=O. The molecule has 6 unspecified atom stereocenters. The molecule has 7 heteroatoms. The van der Waals surface area contributed by atoms with E-state index in [1.807, 2.05) is 6.92 Å². The Kier molecular flexibility index (Phi) is 4.97. The fourth-order valence-corrected chi connectivity index (χ4v) is 7.06. The Balaban J connectivity index is 1.67. The van der Waals surface area contributed by atoms with E-state index in [0.717, 1.165) is 12.8 Å². The zero-order valence-electron chi connectivity index (χ0n) is 17.0. The number of aliphatic hydroxyl groups is 2. The highest BCUT2D eigenvalue weighted by Crippen LogP contribution is 2.66. The van der Waals surface area contributed by atoms with Crippen LogP contribution in [0.15, 0.2) is 5.18 Å². The highest BCUT2D eigenvalue weighted by atomic mass is 16.7. The van der Waals surface area contributed by atoms with Crippen LogP contribution in [0.4, 0.5) is 0 Å². The number of rotatable bonds is 3. The number of fused-ring (bicyclic) bond motifs is 2. The van der Waals surface area contributed by atoms with Gasteiger partial charge in [-0.05, 0) is 38.5 Å². The summed E-state index contributed by atoms with van der Waals surface area (Å²) in [7, 11) is 0. The molecule has 7 nitrogen and oxygen atoms in total. The van der Waals surface area contributed by atoms with Gasteiger partial charge in [0.05, 0.1) is 31.5 Å². The second kappa shape index (κ2) is 6.83. The second-order valence-corrected chi connectivity index (χ2v) is 9.90. The number of ketones is 1. The molecule has 28 heavy (non-hydrogen) atoms. The van der Waals surface area contributed by atoms with Crippen molar-refractivity contribution in [3.05, 3.63) is 4.91 Å². The average molecular weight is 395 g/mol. The van der Waals surface area contributed by atoms with Gasteiger partial charge in [-0.3, -0.25) is 4.79 Å². The number of aliphatic hydroxyl groups excluding tert-OH is 1. The first kappa shape index (κ1) is 20.4. The molecule has 3 saturated carbocycles. The van der Waals surface area contributed by atoms with Gasteiger partial charge < -0.3 is 19.7 Å². The Labute approximate surface area is 166 Å². The van der Waals surface area contributed by atoms with Crippen LogP contribution in [0.3, 0.4) is 0 Å². The van der Waals surface area contributed by atoms with Gasteiger partial charge in [-0.1, -0.05) is 19.0 Å². The van der Waals surface area contributed by atoms with Crippen LogP contribution in [0, 0.1) is 27.6 Å². The summed E-state index contributed by atoms with van der Waals surface area (Å²) in [4.78, 5) is 23.9. The number of nitroso groups, excluding NO2 is 1. The molecule has 0 aromatic rings. The molecule has 0 radical (unpaired) electrons. The van der Waals surface area contributed by atoms with E-state index >= 15 is 0 Å². The van der Waals surface area contributed by atoms with Crippen molar-refractivity contribution in [2.75, 3.05) is 19.8 Å². The highest BCUT2D eigenvalue weighted by molar-refractivity contribution is 5.86. The number of nitrogens with zero attached hydrogens (tertiary/aromatic N) is 1. The van der Waals surface area contributed by atoms with Gasteiger partial charge in [-0.25, -0.2) is 0 Å². The molecule has 1 heterocycles.